The van der Waals surface area contributed by atoms with Gasteiger partial charge in [-0.05, 0) is 31.2 Å². The minimum absolute atomic E-state index is 0.0336. The zero-order valence-corrected chi connectivity index (χ0v) is 13.3. The second-order valence-electron chi connectivity index (χ2n) is 5.66. The molecule has 0 saturated carbocycles. The van der Waals surface area contributed by atoms with Crippen molar-refractivity contribution < 1.29 is 9.53 Å². The molecule has 23 heavy (non-hydrogen) atoms. The zero-order valence-electron chi connectivity index (χ0n) is 13.3. The first kappa shape index (κ1) is 15.3. The van der Waals surface area contributed by atoms with Gasteiger partial charge >= 0.3 is 0 Å². The number of amides is 1. The molecule has 0 atom stereocenters. The highest BCUT2D eigenvalue weighted by atomic mass is 16.5. The first-order chi connectivity index (χ1) is 11.2. The summed E-state index contributed by atoms with van der Waals surface area (Å²) < 4.78 is 5.57. The highest BCUT2D eigenvalue weighted by Crippen LogP contribution is 2.14. The number of aromatic nitrogens is 1. The van der Waals surface area contributed by atoms with Gasteiger partial charge in [0.05, 0.1) is 0 Å². The lowest BCUT2D eigenvalue weighted by atomic mass is 10.2. The first-order valence-corrected chi connectivity index (χ1v) is 7.85. The van der Waals surface area contributed by atoms with E-state index < -0.39 is 0 Å². The third-order valence-corrected chi connectivity index (χ3v) is 3.99. The molecule has 1 aromatic carbocycles. The van der Waals surface area contributed by atoms with Gasteiger partial charge in [-0.1, -0.05) is 23.8 Å². The van der Waals surface area contributed by atoms with Crippen molar-refractivity contribution >= 4 is 11.7 Å². The fraction of sp³-hybridized carbons (Fsp3) is 0.333. The summed E-state index contributed by atoms with van der Waals surface area (Å²) in [6.07, 6.45) is 1.79. The summed E-state index contributed by atoms with van der Waals surface area (Å²) in [4.78, 5) is 20.7. The molecule has 5 heteroatoms. The van der Waals surface area contributed by atoms with Crippen molar-refractivity contribution in [2.45, 2.75) is 6.92 Å². The predicted molar refractivity (Wildman–Crippen MR) is 89.7 cm³/mol. The van der Waals surface area contributed by atoms with Crippen LogP contribution in [0, 0.1) is 6.92 Å². The Balaban J connectivity index is 1.47. The van der Waals surface area contributed by atoms with Crippen molar-refractivity contribution in [3.63, 3.8) is 0 Å². The van der Waals surface area contributed by atoms with Crippen LogP contribution in [-0.4, -0.2) is 48.6 Å². The number of piperazine rings is 1. The molecule has 0 spiro atoms. The Hall–Kier alpha value is -2.56. The van der Waals surface area contributed by atoms with E-state index in [0.717, 1.165) is 24.7 Å². The molecule has 2 heterocycles. The minimum Gasteiger partial charge on any atom is -0.484 e. The van der Waals surface area contributed by atoms with Crippen LogP contribution in [0.15, 0.2) is 48.7 Å². The summed E-state index contributed by atoms with van der Waals surface area (Å²) in [6.45, 7) is 5.11. The number of benzene rings is 1. The molecular weight excluding hydrogens is 290 g/mol. The summed E-state index contributed by atoms with van der Waals surface area (Å²) in [6, 6.07) is 13.6. The average Bonchev–Trinajstić information content (AvgIpc) is 2.62. The number of pyridine rings is 1. The van der Waals surface area contributed by atoms with Crippen LogP contribution in [0.5, 0.6) is 5.75 Å². The largest absolute Gasteiger partial charge is 0.484 e. The van der Waals surface area contributed by atoms with Gasteiger partial charge in [0, 0.05) is 32.4 Å². The molecule has 0 unspecified atom stereocenters. The van der Waals surface area contributed by atoms with Crippen LogP contribution in [0.25, 0.3) is 0 Å². The van der Waals surface area contributed by atoms with Crippen molar-refractivity contribution in [1.29, 1.82) is 0 Å². The minimum atomic E-state index is 0.0336. The van der Waals surface area contributed by atoms with Gasteiger partial charge in [-0.2, -0.15) is 0 Å². The molecule has 1 aliphatic rings. The van der Waals surface area contributed by atoms with E-state index in [1.165, 1.54) is 5.56 Å². The Morgan fingerprint density at radius 1 is 1.09 bits per heavy atom. The molecule has 1 amide bonds. The van der Waals surface area contributed by atoms with E-state index in [1.807, 2.05) is 54.3 Å². The Labute approximate surface area is 136 Å². The van der Waals surface area contributed by atoms with Crippen LogP contribution >= 0.6 is 0 Å². The number of ether oxygens (including phenoxy) is 1. The summed E-state index contributed by atoms with van der Waals surface area (Å²) in [5, 5.41) is 0. The molecule has 1 saturated heterocycles. The lowest BCUT2D eigenvalue weighted by Crippen LogP contribution is -2.50. The maximum absolute atomic E-state index is 12.2. The quantitative estimate of drug-likeness (QED) is 0.868. The number of hydrogen-bond acceptors (Lipinski definition) is 4. The predicted octanol–water partition coefficient (Wildman–Crippen LogP) is 2.12. The smallest absolute Gasteiger partial charge is 0.260 e. The number of hydrogen-bond donors (Lipinski definition) is 0. The summed E-state index contributed by atoms with van der Waals surface area (Å²) in [7, 11) is 0. The molecule has 0 radical (unpaired) electrons. The lowest BCUT2D eigenvalue weighted by Gasteiger charge is -2.35. The number of rotatable bonds is 4. The molecule has 0 aliphatic carbocycles. The zero-order chi connectivity index (χ0) is 16.1. The SMILES string of the molecule is Cc1ccc(OCC(=O)N2CCN(c3ccccn3)CC2)cc1. The normalized spacial score (nSPS) is 14.7. The fourth-order valence-corrected chi connectivity index (χ4v) is 2.60. The molecule has 1 fully saturated rings. The van der Waals surface area contributed by atoms with Crippen LogP contribution in [-0.2, 0) is 4.79 Å². The first-order valence-electron chi connectivity index (χ1n) is 7.85. The van der Waals surface area contributed by atoms with Gasteiger partial charge in [0.15, 0.2) is 6.61 Å². The molecule has 120 valence electrons. The van der Waals surface area contributed by atoms with Crippen LogP contribution in [0.4, 0.5) is 5.82 Å². The van der Waals surface area contributed by atoms with Crippen LogP contribution in [0.3, 0.4) is 0 Å². The Morgan fingerprint density at radius 3 is 2.48 bits per heavy atom. The van der Waals surface area contributed by atoms with Crippen LogP contribution in [0.2, 0.25) is 0 Å². The fourth-order valence-electron chi connectivity index (χ4n) is 2.60. The average molecular weight is 311 g/mol. The van der Waals surface area contributed by atoms with Crippen molar-refractivity contribution in [1.82, 2.24) is 9.88 Å². The van der Waals surface area contributed by atoms with E-state index in [-0.39, 0.29) is 12.5 Å². The second-order valence-corrected chi connectivity index (χ2v) is 5.66. The van der Waals surface area contributed by atoms with Gasteiger partial charge in [0.1, 0.15) is 11.6 Å². The summed E-state index contributed by atoms with van der Waals surface area (Å²) in [5.74, 6) is 1.73. The van der Waals surface area contributed by atoms with Crippen molar-refractivity contribution in [2.75, 3.05) is 37.7 Å². The molecule has 3 rings (SSSR count). The van der Waals surface area contributed by atoms with E-state index >= 15 is 0 Å². The Kier molecular flexibility index (Phi) is 4.76. The maximum Gasteiger partial charge on any atom is 0.260 e. The van der Waals surface area contributed by atoms with Crippen molar-refractivity contribution in [3.05, 3.63) is 54.2 Å². The number of anilines is 1. The van der Waals surface area contributed by atoms with Crippen molar-refractivity contribution in [2.24, 2.45) is 0 Å². The van der Waals surface area contributed by atoms with Gasteiger partial charge in [-0.15, -0.1) is 0 Å². The van der Waals surface area contributed by atoms with Gasteiger partial charge in [-0.25, -0.2) is 4.98 Å². The van der Waals surface area contributed by atoms with E-state index in [4.69, 9.17) is 4.74 Å². The Morgan fingerprint density at radius 2 is 1.83 bits per heavy atom. The topological polar surface area (TPSA) is 45.7 Å². The summed E-state index contributed by atoms with van der Waals surface area (Å²) >= 11 is 0. The molecule has 1 aliphatic heterocycles. The molecular formula is C18H21N3O2. The standard InChI is InChI=1S/C18H21N3O2/c1-15-5-7-16(8-6-15)23-14-18(22)21-12-10-20(11-13-21)17-4-2-3-9-19-17/h2-9H,10-14H2,1H3. The third-order valence-electron chi connectivity index (χ3n) is 3.99. The number of nitrogens with zero attached hydrogens (tertiary/aromatic N) is 3. The van der Waals surface area contributed by atoms with Gasteiger partial charge < -0.3 is 14.5 Å². The van der Waals surface area contributed by atoms with E-state index in [1.54, 1.807) is 6.20 Å². The van der Waals surface area contributed by atoms with Gasteiger partial charge in [-0.3, -0.25) is 4.79 Å². The van der Waals surface area contributed by atoms with Gasteiger partial charge in [0.2, 0.25) is 0 Å². The number of aryl methyl sites for hydroxylation is 1. The monoisotopic (exact) mass is 311 g/mol. The number of carbonyl (C=O) groups excluding carboxylic acids is 1. The highest BCUT2D eigenvalue weighted by molar-refractivity contribution is 5.78. The highest BCUT2D eigenvalue weighted by Gasteiger charge is 2.21. The molecule has 1 aromatic heterocycles. The number of carbonyl (C=O) groups is 1. The van der Waals surface area contributed by atoms with Gasteiger partial charge in [0.25, 0.3) is 5.91 Å². The van der Waals surface area contributed by atoms with Crippen molar-refractivity contribution in [3.8, 4) is 5.75 Å². The van der Waals surface area contributed by atoms with E-state index in [9.17, 15) is 4.79 Å². The molecule has 0 bridgehead atoms. The van der Waals surface area contributed by atoms with E-state index in [0.29, 0.717) is 13.1 Å². The Bertz CT molecular complexity index is 635. The molecule has 5 nitrogen and oxygen atoms in total. The second kappa shape index (κ2) is 7.13. The third kappa shape index (κ3) is 4.00. The summed E-state index contributed by atoms with van der Waals surface area (Å²) in [5.41, 5.74) is 1.18. The van der Waals surface area contributed by atoms with Crippen LogP contribution < -0.4 is 9.64 Å². The lowest BCUT2D eigenvalue weighted by molar-refractivity contribution is -0.133. The molecule has 2 aromatic rings. The van der Waals surface area contributed by atoms with Crippen LogP contribution in [0.1, 0.15) is 5.56 Å². The van der Waals surface area contributed by atoms with E-state index in [2.05, 4.69) is 9.88 Å². The molecule has 0 N–H and O–H groups in total. The maximum atomic E-state index is 12.2.